The van der Waals surface area contributed by atoms with Crippen molar-refractivity contribution in [2.24, 2.45) is 27.6 Å². The first-order chi connectivity index (χ1) is 13.5. The molecule has 7 heteroatoms. The zero-order valence-corrected chi connectivity index (χ0v) is 15.7. The maximum Gasteiger partial charge on any atom is 0.161 e. The van der Waals surface area contributed by atoms with E-state index >= 15 is 0 Å². The summed E-state index contributed by atoms with van der Waals surface area (Å²) in [5, 5.41) is 0. The highest BCUT2D eigenvalue weighted by Crippen LogP contribution is 2.39. The predicted octanol–water partition coefficient (Wildman–Crippen LogP) is 3.26. The Labute approximate surface area is 162 Å². The molecule has 3 fully saturated rings. The van der Waals surface area contributed by atoms with Crippen molar-refractivity contribution < 1.29 is 13.2 Å². The molecule has 1 aromatic carbocycles. The molecule has 0 radical (unpaired) electrons. The Morgan fingerprint density at radius 2 is 1.75 bits per heavy atom. The molecule has 4 aliphatic rings. The van der Waals surface area contributed by atoms with E-state index in [1.807, 2.05) is 0 Å². The highest BCUT2D eigenvalue weighted by atomic mass is 19.2. The second kappa shape index (κ2) is 6.95. The second-order valence-corrected chi connectivity index (χ2v) is 8.75. The molecule has 0 spiro atoms. The first-order valence-electron chi connectivity index (χ1n) is 10.3. The topological polar surface area (TPSA) is 54.0 Å². The summed E-state index contributed by atoms with van der Waals surface area (Å²) in [5.41, 5.74) is 6.58. The third-order valence-electron chi connectivity index (χ3n) is 6.83. The zero-order chi connectivity index (χ0) is 19.4. The van der Waals surface area contributed by atoms with Crippen LogP contribution in [0.3, 0.4) is 0 Å². The maximum absolute atomic E-state index is 14.2. The lowest BCUT2D eigenvalue weighted by Crippen LogP contribution is -2.45. The fraction of sp³-hybridized carbons (Fsp3) is 0.619. The highest BCUT2D eigenvalue weighted by Gasteiger charge is 2.41. The summed E-state index contributed by atoms with van der Waals surface area (Å²) in [7, 11) is 0. The Morgan fingerprint density at radius 1 is 0.964 bits per heavy atom. The molecule has 2 heterocycles. The van der Waals surface area contributed by atoms with Crippen LogP contribution in [0, 0.1) is 29.3 Å². The van der Waals surface area contributed by atoms with E-state index in [1.165, 1.54) is 12.8 Å². The molecule has 3 unspecified atom stereocenters. The van der Waals surface area contributed by atoms with E-state index in [0.29, 0.717) is 30.4 Å². The average Bonchev–Trinajstić information content (AvgIpc) is 3.43. The number of amidine groups is 1. The van der Waals surface area contributed by atoms with Crippen molar-refractivity contribution in [3.63, 3.8) is 0 Å². The molecule has 5 atom stereocenters. The van der Waals surface area contributed by atoms with Gasteiger partial charge in [-0.05, 0) is 43.7 Å². The van der Waals surface area contributed by atoms with Gasteiger partial charge in [0.15, 0.2) is 11.6 Å². The summed E-state index contributed by atoms with van der Waals surface area (Å²) in [6, 6.07) is 1.93. The predicted molar refractivity (Wildman–Crippen MR) is 102 cm³/mol. The van der Waals surface area contributed by atoms with E-state index in [9.17, 15) is 13.2 Å². The molecule has 2 N–H and O–H groups in total. The van der Waals surface area contributed by atoms with Crippen LogP contribution in [-0.2, 0) is 0 Å². The Kier molecular flexibility index (Phi) is 4.55. The maximum atomic E-state index is 14.2. The molecule has 1 aromatic rings. The van der Waals surface area contributed by atoms with E-state index in [4.69, 9.17) is 10.7 Å². The number of hydrogen-bond donors (Lipinski definition) is 1. The molecule has 0 amide bonds. The van der Waals surface area contributed by atoms with Gasteiger partial charge in [0.25, 0.3) is 0 Å². The van der Waals surface area contributed by atoms with Gasteiger partial charge in [-0.3, -0.25) is 9.89 Å². The number of rotatable bonds is 3. The Hall–Kier alpha value is -1.73. The van der Waals surface area contributed by atoms with Crippen molar-refractivity contribution in [2.75, 3.05) is 13.1 Å². The number of nitrogens with zero attached hydrogens (tertiary/aromatic N) is 3. The number of fused-ring (bicyclic) bond motifs is 1. The molecular weight excluding hydrogens is 365 g/mol. The number of nitrogens with two attached hydrogens (primary N) is 1. The summed E-state index contributed by atoms with van der Waals surface area (Å²) >= 11 is 0. The molecule has 150 valence electrons. The van der Waals surface area contributed by atoms with Gasteiger partial charge in [-0.15, -0.1) is 0 Å². The van der Waals surface area contributed by atoms with E-state index in [1.54, 1.807) is 0 Å². The largest absolute Gasteiger partial charge is 0.327 e. The van der Waals surface area contributed by atoms with Gasteiger partial charge in [0, 0.05) is 55.2 Å². The van der Waals surface area contributed by atoms with E-state index in [-0.39, 0.29) is 23.6 Å². The van der Waals surface area contributed by atoms with Gasteiger partial charge in [0.2, 0.25) is 0 Å². The number of benzene rings is 1. The third-order valence-corrected chi connectivity index (χ3v) is 6.83. The van der Waals surface area contributed by atoms with Crippen molar-refractivity contribution >= 4 is 12.1 Å². The molecule has 2 saturated carbocycles. The van der Waals surface area contributed by atoms with E-state index < -0.39 is 17.5 Å². The first kappa shape index (κ1) is 18.3. The summed E-state index contributed by atoms with van der Waals surface area (Å²) in [6.45, 7) is 1.84. The number of likely N-dealkylation sites (tertiary alicyclic amines) is 1. The first-order valence-corrected chi connectivity index (χ1v) is 10.3. The van der Waals surface area contributed by atoms with Crippen LogP contribution < -0.4 is 5.73 Å². The Bertz CT molecular complexity index is 835. The van der Waals surface area contributed by atoms with E-state index in [0.717, 1.165) is 37.8 Å². The van der Waals surface area contributed by atoms with Crippen LogP contribution in [0.5, 0.6) is 0 Å². The fourth-order valence-corrected chi connectivity index (χ4v) is 5.07. The highest BCUT2D eigenvalue weighted by molar-refractivity contribution is 5.95. The third kappa shape index (κ3) is 3.28. The summed E-state index contributed by atoms with van der Waals surface area (Å²) in [6.07, 6.45) is 6.75. The van der Waals surface area contributed by atoms with Crippen molar-refractivity contribution in [3.05, 3.63) is 35.1 Å². The lowest BCUT2D eigenvalue weighted by Gasteiger charge is -2.38. The molecule has 1 saturated heterocycles. The van der Waals surface area contributed by atoms with E-state index in [2.05, 4.69) is 16.1 Å². The molecule has 28 heavy (non-hydrogen) atoms. The van der Waals surface area contributed by atoms with Gasteiger partial charge in [-0.1, -0.05) is 0 Å². The molecule has 4 nitrogen and oxygen atoms in total. The second-order valence-electron chi connectivity index (χ2n) is 8.75. The van der Waals surface area contributed by atoms with Gasteiger partial charge in [-0.2, -0.15) is 0 Å². The van der Waals surface area contributed by atoms with Gasteiger partial charge in [0.05, 0.1) is 6.04 Å². The monoisotopic (exact) mass is 390 g/mol. The smallest absolute Gasteiger partial charge is 0.161 e. The zero-order valence-electron chi connectivity index (χ0n) is 15.7. The summed E-state index contributed by atoms with van der Waals surface area (Å²) in [5.74, 6) is -1.20. The normalized spacial score (nSPS) is 35.7. The molecule has 5 rings (SSSR count). The number of aliphatic imine (C=N–C) groups is 2. The van der Waals surface area contributed by atoms with Crippen molar-refractivity contribution in [1.82, 2.24) is 4.90 Å². The Morgan fingerprint density at radius 3 is 2.50 bits per heavy atom. The molecule has 2 aliphatic carbocycles. The fourth-order valence-electron chi connectivity index (χ4n) is 5.07. The lowest BCUT2D eigenvalue weighted by molar-refractivity contribution is 0.164. The van der Waals surface area contributed by atoms with Gasteiger partial charge >= 0.3 is 0 Å². The van der Waals surface area contributed by atoms with Gasteiger partial charge in [0.1, 0.15) is 11.7 Å². The molecule has 0 bridgehead atoms. The summed E-state index contributed by atoms with van der Waals surface area (Å²) < 4.78 is 41.0. The minimum Gasteiger partial charge on any atom is -0.327 e. The molecule has 2 aliphatic heterocycles. The van der Waals surface area contributed by atoms with Crippen LogP contribution in [0.4, 0.5) is 13.2 Å². The van der Waals surface area contributed by atoms with Crippen LogP contribution in [0.2, 0.25) is 0 Å². The summed E-state index contributed by atoms with van der Waals surface area (Å²) in [4.78, 5) is 11.9. The van der Waals surface area contributed by atoms with Crippen LogP contribution in [0.1, 0.15) is 43.6 Å². The minimum atomic E-state index is -1.16. The van der Waals surface area contributed by atoms with Crippen molar-refractivity contribution in [3.8, 4) is 0 Å². The van der Waals surface area contributed by atoms with Crippen molar-refractivity contribution in [2.45, 2.75) is 56.1 Å². The molecule has 0 aromatic heterocycles. The standard InChI is InChI=1S/C21H25F3N4/c22-16-7-18(24)17(23)6-15(16)14-4-3-13(5-19(14)25)28-9-12-8-26-21(11-1-2-11)27-20(12)10-28/h6-8,11-14,19-20H,1-5,9-10,25H2/t12?,13-,14?,19-,20?/m0/s1. The quantitative estimate of drug-likeness (QED) is 0.806. The van der Waals surface area contributed by atoms with Crippen LogP contribution in [0.15, 0.2) is 22.1 Å². The number of hydrogen-bond acceptors (Lipinski definition) is 4. The average molecular weight is 390 g/mol. The van der Waals surface area contributed by atoms with Crippen LogP contribution in [-0.4, -0.2) is 48.2 Å². The lowest BCUT2D eigenvalue weighted by atomic mass is 9.77. The Balaban J connectivity index is 1.26. The van der Waals surface area contributed by atoms with Crippen LogP contribution in [0.25, 0.3) is 0 Å². The SMILES string of the molecule is N[C@H]1C[C@@H](N2CC3C=NC(C4CC4)=NC3C2)CCC1c1cc(F)c(F)cc1F. The minimum absolute atomic E-state index is 0.200. The van der Waals surface area contributed by atoms with Gasteiger partial charge < -0.3 is 5.73 Å². The van der Waals surface area contributed by atoms with Gasteiger partial charge in [-0.25, -0.2) is 18.2 Å². The number of halogens is 3. The van der Waals surface area contributed by atoms with Crippen molar-refractivity contribution in [1.29, 1.82) is 0 Å². The van der Waals surface area contributed by atoms with Crippen LogP contribution >= 0.6 is 0 Å². The molecular formula is C21H25F3N4.